The number of ether oxygens (including phenoxy) is 2. The van der Waals surface area contributed by atoms with Crippen molar-refractivity contribution in [2.75, 3.05) is 18.5 Å². The van der Waals surface area contributed by atoms with Gasteiger partial charge in [-0.1, -0.05) is 0 Å². The van der Waals surface area contributed by atoms with Crippen molar-refractivity contribution in [1.29, 1.82) is 0 Å². The number of nitrogens with two attached hydrogens (primary N) is 1. The molecule has 1 saturated heterocycles. The minimum absolute atomic E-state index is 0.0612. The van der Waals surface area contributed by atoms with Crippen LogP contribution in [0.4, 0.5) is 10.9 Å². The van der Waals surface area contributed by atoms with Crippen LogP contribution >= 0.6 is 11.3 Å². The summed E-state index contributed by atoms with van der Waals surface area (Å²) in [4.78, 5) is 9.29. The van der Waals surface area contributed by atoms with E-state index in [1.165, 1.54) is 11.3 Å². The number of anilines is 2. The van der Waals surface area contributed by atoms with E-state index in [2.05, 4.69) is 20.4 Å². The Morgan fingerprint density at radius 2 is 2.33 bits per heavy atom. The Balaban J connectivity index is 1.55. The zero-order valence-corrected chi connectivity index (χ0v) is 17.0. The molecule has 5 rings (SSSR count). The van der Waals surface area contributed by atoms with Crippen LogP contribution in [0, 0.1) is 0 Å². The van der Waals surface area contributed by atoms with Crippen molar-refractivity contribution in [3.05, 3.63) is 41.7 Å². The molecule has 0 bridgehead atoms. The summed E-state index contributed by atoms with van der Waals surface area (Å²) >= 11 is 1.41. The van der Waals surface area contributed by atoms with Crippen LogP contribution in [-0.4, -0.2) is 48.7 Å². The molecule has 4 aromatic heterocycles. The average Bonchev–Trinajstić information content (AvgIpc) is 3.48. The Morgan fingerprint density at radius 3 is 3.03 bits per heavy atom. The van der Waals surface area contributed by atoms with E-state index in [1.54, 1.807) is 22.3 Å². The molecule has 1 fully saturated rings. The van der Waals surface area contributed by atoms with Crippen LogP contribution in [0.25, 0.3) is 16.7 Å². The zero-order chi connectivity index (χ0) is 20.7. The van der Waals surface area contributed by atoms with Crippen LogP contribution in [0.15, 0.2) is 36.1 Å². The van der Waals surface area contributed by atoms with E-state index in [0.29, 0.717) is 30.6 Å². The number of nitrogens with one attached hydrogen (secondary N) is 1. The quantitative estimate of drug-likeness (QED) is 0.399. The largest absolute Gasteiger partial charge is 0.470 e. The fourth-order valence-electron chi connectivity index (χ4n) is 3.34. The molecule has 156 valence electrons. The van der Waals surface area contributed by atoms with Gasteiger partial charge in [0.25, 0.3) is 0 Å². The van der Waals surface area contributed by atoms with E-state index in [0.717, 1.165) is 28.1 Å². The monoisotopic (exact) mass is 427 g/mol. The SMILES string of the molecule is Cn1cc(-n2ccc3nc(Nc4cc(C(N)O)cs4)nc(O[C@H]4CCOC4)c32)cn1. The molecule has 4 N–H and O–H groups in total. The summed E-state index contributed by atoms with van der Waals surface area (Å²) in [6.45, 7) is 1.21. The number of hydrogen-bond acceptors (Lipinski definition) is 9. The van der Waals surface area contributed by atoms with Crippen molar-refractivity contribution in [3.8, 4) is 11.6 Å². The standard InChI is InChI=1S/C19H21N7O3S/c1-25-8-12(7-21-25)26-4-2-14-16(26)18(29-13-3-5-28-9-13)24-19(22-14)23-15-6-11(10-30-15)17(20)27/h2,4,6-8,10,13,17,27H,3,5,9,20H2,1H3,(H,22,23,24)/t13-,17?/m0/s1. The van der Waals surface area contributed by atoms with E-state index >= 15 is 0 Å². The highest BCUT2D eigenvalue weighted by Gasteiger charge is 2.22. The smallest absolute Gasteiger partial charge is 0.244 e. The predicted octanol–water partition coefficient (Wildman–Crippen LogP) is 2.08. The molecule has 2 atom stereocenters. The second-order valence-corrected chi connectivity index (χ2v) is 7.97. The molecule has 5 heterocycles. The third-order valence-corrected chi connectivity index (χ3v) is 5.70. The van der Waals surface area contributed by atoms with Crippen LogP contribution in [-0.2, 0) is 11.8 Å². The fraction of sp³-hybridized carbons (Fsp3) is 0.316. The molecule has 30 heavy (non-hydrogen) atoms. The van der Waals surface area contributed by atoms with Gasteiger partial charge in [-0.3, -0.25) is 4.68 Å². The summed E-state index contributed by atoms with van der Waals surface area (Å²) in [6, 6.07) is 3.69. The van der Waals surface area contributed by atoms with Crippen LogP contribution in [0.1, 0.15) is 18.2 Å². The maximum absolute atomic E-state index is 9.54. The van der Waals surface area contributed by atoms with Gasteiger partial charge >= 0.3 is 0 Å². The molecule has 0 aromatic carbocycles. The first-order chi connectivity index (χ1) is 14.6. The number of aromatic nitrogens is 5. The highest BCUT2D eigenvalue weighted by molar-refractivity contribution is 7.14. The van der Waals surface area contributed by atoms with Crippen molar-refractivity contribution in [3.63, 3.8) is 0 Å². The lowest BCUT2D eigenvalue weighted by Gasteiger charge is -2.14. The lowest BCUT2D eigenvalue weighted by atomic mass is 10.3. The molecule has 4 aromatic rings. The zero-order valence-electron chi connectivity index (χ0n) is 16.2. The fourth-order valence-corrected chi connectivity index (χ4v) is 4.17. The van der Waals surface area contributed by atoms with Gasteiger partial charge in [-0.2, -0.15) is 10.1 Å². The van der Waals surface area contributed by atoms with Gasteiger partial charge in [0.05, 0.1) is 35.6 Å². The number of thiophene rings is 1. The molecule has 0 aliphatic carbocycles. The van der Waals surface area contributed by atoms with Gasteiger partial charge in [-0.05, 0) is 12.1 Å². The Hall–Kier alpha value is -2.99. The number of aliphatic hydroxyl groups is 1. The van der Waals surface area contributed by atoms with Crippen LogP contribution in [0.5, 0.6) is 5.88 Å². The maximum Gasteiger partial charge on any atom is 0.244 e. The Morgan fingerprint density at radius 1 is 1.43 bits per heavy atom. The molecule has 0 amide bonds. The van der Waals surface area contributed by atoms with Gasteiger partial charge in [-0.15, -0.1) is 11.3 Å². The van der Waals surface area contributed by atoms with Gasteiger partial charge in [0, 0.05) is 36.8 Å². The Kier molecular flexibility index (Phi) is 4.87. The first kappa shape index (κ1) is 19.0. The molecule has 11 heteroatoms. The first-order valence-corrected chi connectivity index (χ1v) is 10.4. The molecule has 1 aliphatic rings. The van der Waals surface area contributed by atoms with E-state index in [1.807, 2.05) is 30.1 Å². The van der Waals surface area contributed by atoms with E-state index in [9.17, 15) is 5.11 Å². The molecule has 0 spiro atoms. The lowest BCUT2D eigenvalue weighted by molar-refractivity contribution is 0.139. The molecular weight excluding hydrogens is 406 g/mol. The second-order valence-electron chi connectivity index (χ2n) is 7.06. The number of rotatable bonds is 6. The third kappa shape index (κ3) is 3.63. The molecular formula is C19H21N7O3S. The van der Waals surface area contributed by atoms with Crippen LogP contribution < -0.4 is 15.8 Å². The van der Waals surface area contributed by atoms with Crippen molar-refractivity contribution < 1.29 is 14.6 Å². The molecule has 1 unspecified atom stereocenters. The van der Waals surface area contributed by atoms with Gasteiger partial charge < -0.3 is 30.2 Å². The number of fused-ring (bicyclic) bond motifs is 1. The third-order valence-electron chi connectivity index (χ3n) is 4.83. The normalized spacial score (nSPS) is 17.5. The number of nitrogens with zero attached hydrogens (tertiary/aromatic N) is 5. The van der Waals surface area contributed by atoms with Crippen molar-refractivity contribution in [1.82, 2.24) is 24.3 Å². The van der Waals surface area contributed by atoms with Gasteiger partial charge in [-0.25, -0.2) is 4.98 Å². The molecule has 1 aliphatic heterocycles. The van der Waals surface area contributed by atoms with Crippen molar-refractivity contribution in [2.45, 2.75) is 18.8 Å². The van der Waals surface area contributed by atoms with Gasteiger partial charge in [0.1, 0.15) is 17.8 Å². The highest BCUT2D eigenvalue weighted by atomic mass is 32.1. The number of aliphatic hydroxyl groups excluding tert-OH is 1. The molecule has 0 radical (unpaired) electrons. The second kappa shape index (κ2) is 7.69. The van der Waals surface area contributed by atoms with E-state index in [4.69, 9.17) is 15.2 Å². The Bertz CT molecular complexity index is 1180. The summed E-state index contributed by atoms with van der Waals surface area (Å²) in [5.41, 5.74) is 8.56. The molecule has 10 nitrogen and oxygen atoms in total. The number of hydrogen-bond donors (Lipinski definition) is 3. The predicted molar refractivity (Wildman–Crippen MR) is 112 cm³/mol. The average molecular weight is 427 g/mol. The number of aryl methyl sites for hydroxylation is 1. The van der Waals surface area contributed by atoms with Crippen LogP contribution in [0.2, 0.25) is 0 Å². The summed E-state index contributed by atoms with van der Waals surface area (Å²) < 4.78 is 15.4. The van der Waals surface area contributed by atoms with E-state index in [-0.39, 0.29) is 6.10 Å². The summed E-state index contributed by atoms with van der Waals surface area (Å²) in [6.07, 6.45) is 5.35. The minimum atomic E-state index is -1.02. The lowest BCUT2D eigenvalue weighted by Crippen LogP contribution is -2.17. The minimum Gasteiger partial charge on any atom is -0.470 e. The topological polar surface area (TPSA) is 125 Å². The van der Waals surface area contributed by atoms with Crippen molar-refractivity contribution >= 4 is 33.3 Å². The van der Waals surface area contributed by atoms with Crippen LogP contribution in [0.3, 0.4) is 0 Å². The Labute approximate surface area is 175 Å². The first-order valence-electron chi connectivity index (χ1n) is 9.48. The summed E-state index contributed by atoms with van der Waals surface area (Å²) in [5, 5.41) is 19.5. The van der Waals surface area contributed by atoms with Crippen molar-refractivity contribution in [2.24, 2.45) is 12.8 Å². The summed E-state index contributed by atoms with van der Waals surface area (Å²) in [5.74, 6) is 0.878. The highest BCUT2D eigenvalue weighted by Crippen LogP contribution is 2.32. The van der Waals surface area contributed by atoms with E-state index < -0.39 is 6.23 Å². The van der Waals surface area contributed by atoms with Gasteiger partial charge in [0.15, 0.2) is 0 Å². The summed E-state index contributed by atoms with van der Waals surface area (Å²) in [7, 11) is 1.87. The van der Waals surface area contributed by atoms with Gasteiger partial charge in [0.2, 0.25) is 11.8 Å². The molecule has 0 saturated carbocycles. The maximum atomic E-state index is 9.54.